The Morgan fingerprint density at radius 1 is 1.41 bits per heavy atom. The molecule has 0 fully saturated rings. The number of nitrogens with zero attached hydrogens (tertiary/aromatic N) is 1. The highest BCUT2D eigenvalue weighted by Crippen LogP contribution is 2.16. The van der Waals surface area contributed by atoms with Crippen molar-refractivity contribution >= 4 is 5.69 Å². The van der Waals surface area contributed by atoms with E-state index in [0.29, 0.717) is 6.04 Å². The molecule has 0 saturated heterocycles. The number of hydrogen-bond donors (Lipinski definition) is 1. The van der Waals surface area contributed by atoms with Crippen LogP contribution in [0.2, 0.25) is 0 Å². The molecule has 1 N–H and O–H groups in total. The Morgan fingerprint density at radius 3 is 2.82 bits per heavy atom. The Balaban J connectivity index is 2.54. The van der Waals surface area contributed by atoms with Crippen molar-refractivity contribution in [1.29, 1.82) is 5.26 Å². The van der Waals surface area contributed by atoms with Gasteiger partial charge in [-0.05, 0) is 31.5 Å². The van der Waals surface area contributed by atoms with Gasteiger partial charge in [0.2, 0.25) is 0 Å². The van der Waals surface area contributed by atoms with Gasteiger partial charge in [0.1, 0.15) is 11.9 Å². The molecule has 0 spiro atoms. The summed E-state index contributed by atoms with van der Waals surface area (Å²) in [6.45, 7) is 4.28. The molecule has 17 heavy (non-hydrogen) atoms. The van der Waals surface area contributed by atoms with Crippen molar-refractivity contribution in [2.75, 3.05) is 5.32 Å². The number of anilines is 1. The highest BCUT2D eigenvalue weighted by Gasteiger charge is 2.05. The number of nitrogens with one attached hydrogen (secondary N) is 1. The molecule has 1 unspecified atom stereocenters. The van der Waals surface area contributed by atoms with Crippen LogP contribution in [0, 0.1) is 17.1 Å². The summed E-state index contributed by atoms with van der Waals surface area (Å²) < 4.78 is 13.1. The standard InChI is InChI=1S/C14H19FN2/c1-3-4-5-6-11(2)17-13-7-8-14(15)12(9-13)10-16/h7-9,11,17H,3-6H2,1-2H3. The van der Waals surface area contributed by atoms with Crippen molar-refractivity contribution < 1.29 is 4.39 Å². The number of hydrogen-bond acceptors (Lipinski definition) is 2. The van der Waals surface area contributed by atoms with Gasteiger partial charge in [-0.3, -0.25) is 0 Å². The Labute approximate surface area is 102 Å². The SMILES string of the molecule is CCCCCC(C)Nc1ccc(F)c(C#N)c1. The number of halogens is 1. The second kappa shape index (κ2) is 6.90. The summed E-state index contributed by atoms with van der Waals surface area (Å²) in [6, 6.07) is 6.76. The van der Waals surface area contributed by atoms with Crippen LogP contribution >= 0.6 is 0 Å². The van der Waals surface area contributed by atoms with Crippen molar-refractivity contribution in [3.63, 3.8) is 0 Å². The molecule has 0 heterocycles. The number of benzene rings is 1. The summed E-state index contributed by atoms with van der Waals surface area (Å²) in [5.74, 6) is -0.461. The van der Waals surface area contributed by atoms with Crippen LogP contribution in [0.1, 0.15) is 45.1 Å². The molecule has 2 nitrogen and oxygen atoms in total. The van der Waals surface area contributed by atoms with E-state index in [1.807, 2.05) is 6.07 Å². The number of nitriles is 1. The number of unbranched alkanes of at least 4 members (excludes halogenated alkanes) is 2. The van der Waals surface area contributed by atoms with Gasteiger partial charge in [0.15, 0.2) is 0 Å². The summed E-state index contributed by atoms with van der Waals surface area (Å²) in [7, 11) is 0. The van der Waals surface area contributed by atoms with Gasteiger partial charge in [0.05, 0.1) is 5.56 Å². The highest BCUT2D eigenvalue weighted by atomic mass is 19.1. The van der Waals surface area contributed by atoms with Gasteiger partial charge >= 0.3 is 0 Å². The third-order valence-electron chi connectivity index (χ3n) is 2.74. The fourth-order valence-electron chi connectivity index (χ4n) is 1.76. The van der Waals surface area contributed by atoms with Gasteiger partial charge in [-0.25, -0.2) is 4.39 Å². The second-order valence-electron chi connectivity index (χ2n) is 4.35. The Morgan fingerprint density at radius 2 is 2.18 bits per heavy atom. The van der Waals surface area contributed by atoms with Gasteiger partial charge in [-0.2, -0.15) is 5.26 Å². The Hall–Kier alpha value is -1.56. The molecule has 0 aliphatic rings. The van der Waals surface area contributed by atoms with Gasteiger partial charge in [0, 0.05) is 11.7 Å². The van der Waals surface area contributed by atoms with Crippen LogP contribution in [0.5, 0.6) is 0 Å². The molecule has 92 valence electrons. The monoisotopic (exact) mass is 234 g/mol. The molecule has 0 aromatic heterocycles. The lowest BCUT2D eigenvalue weighted by molar-refractivity contribution is 0.613. The van der Waals surface area contributed by atoms with E-state index in [9.17, 15) is 4.39 Å². The van der Waals surface area contributed by atoms with Crippen molar-refractivity contribution in [2.24, 2.45) is 0 Å². The zero-order valence-corrected chi connectivity index (χ0v) is 10.5. The van der Waals surface area contributed by atoms with Crippen molar-refractivity contribution in [1.82, 2.24) is 0 Å². The molecule has 0 bridgehead atoms. The van der Waals surface area contributed by atoms with Gasteiger partial charge in [-0.1, -0.05) is 26.2 Å². The zero-order chi connectivity index (χ0) is 12.7. The summed E-state index contributed by atoms with van der Waals surface area (Å²) >= 11 is 0. The van der Waals surface area contributed by atoms with E-state index < -0.39 is 5.82 Å². The third-order valence-corrected chi connectivity index (χ3v) is 2.74. The maximum atomic E-state index is 13.1. The minimum Gasteiger partial charge on any atom is -0.383 e. The molecule has 1 aromatic rings. The average Bonchev–Trinajstić information content (AvgIpc) is 2.32. The molecular weight excluding hydrogens is 215 g/mol. The van der Waals surface area contributed by atoms with Crippen LogP contribution in [0.25, 0.3) is 0 Å². The maximum Gasteiger partial charge on any atom is 0.141 e. The summed E-state index contributed by atoms with van der Waals surface area (Å²) in [5, 5.41) is 12.0. The molecule has 0 radical (unpaired) electrons. The maximum absolute atomic E-state index is 13.1. The van der Waals surface area contributed by atoms with E-state index in [2.05, 4.69) is 19.2 Å². The molecule has 1 aromatic carbocycles. The van der Waals surface area contributed by atoms with Crippen LogP contribution in [0.4, 0.5) is 10.1 Å². The largest absolute Gasteiger partial charge is 0.383 e. The first kappa shape index (κ1) is 13.5. The van der Waals surface area contributed by atoms with E-state index in [1.165, 1.54) is 25.3 Å². The Bertz CT molecular complexity index is 396. The van der Waals surface area contributed by atoms with E-state index in [0.717, 1.165) is 12.1 Å². The first-order chi connectivity index (χ1) is 8.17. The molecular formula is C14H19FN2. The lowest BCUT2D eigenvalue weighted by Crippen LogP contribution is -2.14. The van der Waals surface area contributed by atoms with E-state index in [1.54, 1.807) is 12.1 Å². The lowest BCUT2D eigenvalue weighted by atomic mass is 10.1. The second-order valence-corrected chi connectivity index (χ2v) is 4.35. The summed E-state index contributed by atoms with van der Waals surface area (Å²) in [4.78, 5) is 0. The predicted molar refractivity (Wildman–Crippen MR) is 68.3 cm³/mol. The fourth-order valence-corrected chi connectivity index (χ4v) is 1.76. The highest BCUT2D eigenvalue weighted by molar-refractivity contribution is 5.50. The molecule has 3 heteroatoms. The van der Waals surface area contributed by atoms with Crippen LogP contribution in [0.15, 0.2) is 18.2 Å². The molecule has 0 aliphatic carbocycles. The molecule has 1 rings (SSSR count). The molecule has 0 amide bonds. The fraction of sp³-hybridized carbons (Fsp3) is 0.500. The van der Waals surface area contributed by atoms with E-state index >= 15 is 0 Å². The topological polar surface area (TPSA) is 35.8 Å². The smallest absolute Gasteiger partial charge is 0.141 e. The van der Waals surface area contributed by atoms with Crippen LogP contribution in [-0.2, 0) is 0 Å². The van der Waals surface area contributed by atoms with Crippen molar-refractivity contribution in [3.8, 4) is 6.07 Å². The summed E-state index contributed by atoms with van der Waals surface area (Å²) in [5.41, 5.74) is 0.905. The summed E-state index contributed by atoms with van der Waals surface area (Å²) in [6.07, 6.45) is 4.73. The van der Waals surface area contributed by atoms with Crippen LogP contribution in [-0.4, -0.2) is 6.04 Å². The van der Waals surface area contributed by atoms with Crippen LogP contribution in [0.3, 0.4) is 0 Å². The first-order valence-electron chi connectivity index (χ1n) is 6.13. The number of rotatable bonds is 6. The van der Waals surface area contributed by atoms with Crippen molar-refractivity contribution in [3.05, 3.63) is 29.6 Å². The quantitative estimate of drug-likeness (QED) is 0.753. The van der Waals surface area contributed by atoms with Crippen molar-refractivity contribution in [2.45, 2.75) is 45.6 Å². The predicted octanol–water partition coefficient (Wildman–Crippen LogP) is 4.08. The first-order valence-corrected chi connectivity index (χ1v) is 6.13. The molecule has 0 aliphatic heterocycles. The van der Waals surface area contributed by atoms with E-state index in [4.69, 9.17) is 5.26 Å². The molecule has 1 atom stereocenters. The minimum atomic E-state index is -0.461. The Kier molecular flexibility index (Phi) is 5.48. The normalized spacial score (nSPS) is 11.9. The van der Waals surface area contributed by atoms with Gasteiger partial charge in [-0.15, -0.1) is 0 Å². The van der Waals surface area contributed by atoms with Crippen LogP contribution < -0.4 is 5.32 Å². The van der Waals surface area contributed by atoms with E-state index in [-0.39, 0.29) is 5.56 Å². The average molecular weight is 234 g/mol. The van der Waals surface area contributed by atoms with Gasteiger partial charge in [0.25, 0.3) is 0 Å². The van der Waals surface area contributed by atoms with Gasteiger partial charge < -0.3 is 5.32 Å². The molecule has 0 saturated carbocycles. The third kappa shape index (κ3) is 4.44. The lowest BCUT2D eigenvalue weighted by Gasteiger charge is -2.15. The zero-order valence-electron chi connectivity index (χ0n) is 10.5. The minimum absolute atomic E-state index is 0.0933.